The Hall–Kier alpha value is -1.88. The Bertz CT molecular complexity index is 557. The van der Waals surface area contributed by atoms with Gasteiger partial charge >= 0.3 is 5.97 Å². The molecule has 82 valence electrons. The van der Waals surface area contributed by atoms with Gasteiger partial charge in [-0.1, -0.05) is 12.1 Å². The molecule has 2 heterocycles. The molecule has 2 aromatic heterocycles. The number of carbonyl (C=O) groups is 1. The maximum absolute atomic E-state index is 11.6. The number of nitrogens with one attached hydrogen (secondary N) is 1. The van der Waals surface area contributed by atoms with Crippen LogP contribution in [0.1, 0.15) is 5.56 Å². The van der Waals surface area contributed by atoms with Crippen LogP contribution in [0.2, 0.25) is 0 Å². The second-order valence-electron chi connectivity index (χ2n) is 3.27. The van der Waals surface area contributed by atoms with Crippen LogP contribution in [0.15, 0.2) is 34.4 Å². The van der Waals surface area contributed by atoms with Crippen LogP contribution in [0.4, 0.5) is 0 Å². The SMILES string of the molecule is O=C(O)Cc1ccc(-c2cccs2)[nH]c1=O. The van der Waals surface area contributed by atoms with E-state index in [0.29, 0.717) is 5.69 Å². The number of hydrogen-bond acceptors (Lipinski definition) is 3. The highest BCUT2D eigenvalue weighted by Crippen LogP contribution is 2.21. The molecule has 0 atom stereocenters. The third-order valence-corrected chi connectivity index (χ3v) is 3.02. The second-order valence-corrected chi connectivity index (χ2v) is 4.22. The van der Waals surface area contributed by atoms with Gasteiger partial charge in [-0.05, 0) is 17.5 Å². The van der Waals surface area contributed by atoms with Crippen molar-refractivity contribution < 1.29 is 9.90 Å². The Balaban J connectivity index is 2.37. The van der Waals surface area contributed by atoms with Gasteiger partial charge in [0.25, 0.3) is 5.56 Å². The van der Waals surface area contributed by atoms with Crippen molar-refractivity contribution in [3.8, 4) is 10.6 Å². The molecule has 0 aliphatic carbocycles. The molecule has 0 unspecified atom stereocenters. The van der Waals surface area contributed by atoms with Crippen LogP contribution in [-0.2, 0) is 11.2 Å². The topological polar surface area (TPSA) is 70.2 Å². The number of rotatable bonds is 3. The Kier molecular flexibility index (Phi) is 2.87. The lowest BCUT2D eigenvalue weighted by atomic mass is 10.2. The maximum Gasteiger partial charge on any atom is 0.308 e. The van der Waals surface area contributed by atoms with E-state index in [-0.39, 0.29) is 17.5 Å². The van der Waals surface area contributed by atoms with Crippen LogP contribution in [-0.4, -0.2) is 16.1 Å². The molecule has 2 rings (SSSR count). The quantitative estimate of drug-likeness (QED) is 0.851. The first-order valence-corrected chi connectivity index (χ1v) is 5.52. The van der Waals surface area contributed by atoms with Gasteiger partial charge in [0.15, 0.2) is 0 Å². The molecule has 0 aliphatic heterocycles. The Morgan fingerprint density at radius 1 is 1.38 bits per heavy atom. The molecule has 0 saturated carbocycles. The Labute approximate surface area is 95.2 Å². The van der Waals surface area contributed by atoms with Crippen molar-refractivity contribution in [2.45, 2.75) is 6.42 Å². The highest BCUT2D eigenvalue weighted by Gasteiger charge is 2.07. The maximum atomic E-state index is 11.6. The number of thiophene rings is 1. The van der Waals surface area contributed by atoms with E-state index in [9.17, 15) is 9.59 Å². The summed E-state index contributed by atoms with van der Waals surface area (Å²) in [6.07, 6.45) is -0.250. The number of carboxylic acid groups (broad SMARTS) is 1. The molecule has 16 heavy (non-hydrogen) atoms. The number of hydrogen-bond donors (Lipinski definition) is 2. The molecular weight excluding hydrogens is 226 g/mol. The van der Waals surface area contributed by atoms with E-state index in [0.717, 1.165) is 4.88 Å². The van der Waals surface area contributed by atoms with E-state index in [2.05, 4.69) is 4.98 Å². The monoisotopic (exact) mass is 235 g/mol. The van der Waals surface area contributed by atoms with E-state index in [1.54, 1.807) is 12.1 Å². The summed E-state index contributed by atoms with van der Waals surface area (Å²) < 4.78 is 0. The zero-order valence-corrected chi connectivity index (χ0v) is 9.08. The first-order valence-electron chi connectivity index (χ1n) is 4.64. The first kappa shape index (κ1) is 10.6. The zero-order valence-electron chi connectivity index (χ0n) is 8.27. The number of aromatic nitrogens is 1. The van der Waals surface area contributed by atoms with Crippen molar-refractivity contribution >= 4 is 17.3 Å². The predicted molar refractivity (Wildman–Crippen MR) is 61.7 cm³/mol. The predicted octanol–water partition coefficient (Wildman–Crippen LogP) is 1.73. The van der Waals surface area contributed by atoms with Gasteiger partial charge < -0.3 is 10.1 Å². The molecule has 0 aromatic carbocycles. The highest BCUT2D eigenvalue weighted by molar-refractivity contribution is 7.13. The molecule has 5 heteroatoms. The molecule has 4 nitrogen and oxygen atoms in total. The molecule has 0 amide bonds. The minimum Gasteiger partial charge on any atom is -0.481 e. The third kappa shape index (κ3) is 2.20. The van der Waals surface area contributed by atoms with Gasteiger partial charge in [0.1, 0.15) is 0 Å². The summed E-state index contributed by atoms with van der Waals surface area (Å²) in [7, 11) is 0. The van der Waals surface area contributed by atoms with Gasteiger partial charge in [-0.2, -0.15) is 0 Å². The van der Waals surface area contributed by atoms with E-state index in [1.807, 2.05) is 17.5 Å². The Morgan fingerprint density at radius 3 is 2.75 bits per heavy atom. The van der Waals surface area contributed by atoms with Crippen molar-refractivity contribution in [2.75, 3.05) is 0 Å². The molecule has 0 saturated heterocycles. The fourth-order valence-corrected chi connectivity index (χ4v) is 2.09. The van der Waals surface area contributed by atoms with Gasteiger partial charge in [-0.15, -0.1) is 11.3 Å². The number of pyridine rings is 1. The summed E-state index contributed by atoms with van der Waals surface area (Å²) in [6.45, 7) is 0. The molecule has 0 bridgehead atoms. The third-order valence-electron chi connectivity index (χ3n) is 2.12. The molecule has 0 spiro atoms. The van der Waals surface area contributed by atoms with Gasteiger partial charge in [-0.3, -0.25) is 9.59 Å². The van der Waals surface area contributed by atoms with Crippen molar-refractivity contribution in [1.29, 1.82) is 0 Å². The van der Waals surface area contributed by atoms with Crippen LogP contribution in [0.3, 0.4) is 0 Å². The lowest BCUT2D eigenvalue weighted by Gasteiger charge is -1.99. The summed E-state index contributed by atoms with van der Waals surface area (Å²) in [5.74, 6) is -1.01. The van der Waals surface area contributed by atoms with Crippen molar-refractivity contribution in [3.05, 3.63) is 45.6 Å². The van der Waals surface area contributed by atoms with E-state index in [4.69, 9.17) is 5.11 Å². The van der Waals surface area contributed by atoms with Crippen LogP contribution in [0.5, 0.6) is 0 Å². The van der Waals surface area contributed by atoms with Crippen LogP contribution >= 0.6 is 11.3 Å². The summed E-state index contributed by atoms with van der Waals surface area (Å²) in [4.78, 5) is 25.7. The number of aromatic amines is 1. The van der Waals surface area contributed by atoms with Gasteiger partial charge in [0.05, 0.1) is 17.0 Å². The molecule has 2 aromatic rings. The summed E-state index contributed by atoms with van der Waals surface area (Å²) in [5.41, 5.74) is 0.648. The van der Waals surface area contributed by atoms with E-state index < -0.39 is 5.97 Å². The Morgan fingerprint density at radius 2 is 2.19 bits per heavy atom. The van der Waals surface area contributed by atoms with Crippen molar-refractivity contribution in [3.63, 3.8) is 0 Å². The summed E-state index contributed by atoms with van der Waals surface area (Å²) in [6, 6.07) is 7.07. The molecule has 0 fully saturated rings. The first-order chi connectivity index (χ1) is 7.66. The lowest BCUT2D eigenvalue weighted by Crippen LogP contribution is -2.16. The smallest absolute Gasteiger partial charge is 0.308 e. The molecule has 2 N–H and O–H groups in total. The van der Waals surface area contributed by atoms with Crippen LogP contribution < -0.4 is 5.56 Å². The van der Waals surface area contributed by atoms with Crippen LogP contribution in [0, 0.1) is 0 Å². The summed E-state index contributed by atoms with van der Waals surface area (Å²) in [5, 5.41) is 10.5. The lowest BCUT2D eigenvalue weighted by molar-refractivity contribution is -0.136. The highest BCUT2D eigenvalue weighted by atomic mass is 32.1. The van der Waals surface area contributed by atoms with Crippen LogP contribution in [0.25, 0.3) is 10.6 Å². The minimum atomic E-state index is -1.01. The standard InChI is InChI=1S/C11H9NO3S/c13-10(14)6-7-3-4-8(12-11(7)15)9-2-1-5-16-9/h1-5H,6H2,(H,12,15)(H,13,14). The van der Waals surface area contributed by atoms with E-state index >= 15 is 0 Å². The number of aliphatic carboxylic acids is 1. The molecule has 0 radical (unpaired) electrons. The molecule has 0 aliphatic rings. The average molecular weight is 235 g/mol. The van der Waals surface area contributed by atoms with Gasteiger partial charge in [0, 0.05) is 5.56 Å². The number of H-pyrrole nitrogens is 1. The average Bonchev–Trinajstić information content (AvgIpc) is 2.73. The fourth-order valence-electron chi connectivity index (χ4n) is 1.38. The van der Waals surface area contributed by atoms with E-state index in [1.165, 1.54) is 11.3 Å². The second kappa shape index (κ2) is 4.32. The number of carboxylic acids is 1. The zero-order chi connectivity index (χ0) is 11.5. The fraction of sp³-hybridized carbons (Fsp3) is 0.0909. The minimum absolute atomic E-state index is 0.250. The van der Waals surface area contributed by atoms with Gasteiger partial charge in [-0.25, -0.2) is 0 Å². The molecular formula is C11H9NO3S. The van der Waals surface area contributed by atoms with Crippen molar-refractivity contribution in [2.24, 2.45) is 0 Å². The van der Waals surface area contributed by atoms with Crippen molar-refractivity contribution in [1.82, 2.24) is 4.98 Å². The normalized spacial score (nSPS) is 10.2. The largest absolute Gasteiger partial charge is 0.481 e. The van der Waals surface area contributed by atoms with Gasteiger partial charge in [0.2, 0.25) is 0 Å². The summed E-state index contributed by atoms with van der Waals surface area (Å²) >= 11 is 1.52.